The second-order valence-electron chi connectivity index (χ2n) is 3.71. The topological polar surface area (TPSA) is 67.8 Å². The molecule has 0 rings (SSSR count). The minimum atomic E-state index is -0.659. The summed E-state index contributed by atoms with van der Waals surface area (Å²) >= 11 is 0. The summed E-state index contributed by atoms with van der Waals surface area (Å²) < 4.78 is 4.88. The summed E-state index contributed by atoms with van der Waals surface area (Å²) in [6.07, 6.45) is -1.10. The average Bonchev–Trinajstić information content (AvgIpc) is 1.97. The minimum absolute atomic E-state index is 0.157. The number of hydroxylamine groups is 1. The van der Waals surface area contributed by atoms with Gasteiger partial charge in [-0.15, -0.1) is 0 Å². The van der Waals surface area contributed by atoms with E-state index in [1.165, 1.54) is 0 Å². The lowest BCUT2D eigenvalue weighted by Gasteiger charge is -2.20. The van der Waals surface area contributed by atoms with Gasteiger partial charge < -0.3 is 9.84 Å². The van der Waals surface area contributed by atoms with Gasteiger partial charge in [0.05, 0.1) is 6.61 Å². The van der Waals surface area contributed by atoms with Gasteiger partial charge in [0.15, 0.2) is 0 Å². The van der Waals surface area contributed by atoms with Crippen molar-refractivity contribution in [1.82, 2.24) is 5.48 Å². The molecule has 0 fully saturated rings. The van der Waals surface area contributed by atoms with Crippen LogP contribution in [0.15, 0.2) is 0 Å². The number of carbonyl (C=O) groups is 1. The summed E-state index contributed by atoms with van der Waals surface area (Å²) in [4.78, 5) is 15.7. The van der Waals surface area contributed by atoms with Gasteiger partial charge in [0.2, 0.25) is 0 Å². The number of carbonyl (C=O) groups excluding carboxylic acids is 1. The second kappa shape index (κ2) is 5.04. The number of aliphatic hydroxyl groups is 1. The standard InChI is InChI=1S/C8H17NO4/c1-6(5-10)13-9-7(11)12-8(2,3)4/h6,10H,5H2,1-4H3,(H,9,11). The van der Waals surface area contributed by atoms with E-state index in [-0.39, 0.29) is 6.61 Å². The van der Waals surface area contributed by atoms with Crippen LogP contribution in [-0.2, 0) is 9.57 Å². The summed E-state index contributed by atoms with van der Waals surface area (Å²) in [6, 6.07) is 0. The van der Waals surface area contributed by atoms with E-state index >= 15 is 0 Å². The molecule has 0 bridgehead atoms. The SMILES string of the molecule is CC(CO)ONC(=O)OC(C)(C)C. The summed E-state index contributed by atoms with van der Waals surface area (Å²) in [7, 11) is 0. The first-order valence-corrected chi connectivity index (χ1v) is 4.10. The summed E-state index contributed by atoms with van der Waals surface area (Å²) in [5.41, 5.74) is 1.52. The maximum Gasteiger partial charge on any atom is 0.431 e. The zero-order valence-electron chi connectivity index (χ0n) is 8.46. The molecule has 5 nitrogen and oxygen atoms in total. The van der Waals surface area contributed by atoms with Crippen LogP contribution in [-0.4, -0.2) is 29.5 Å². The van der Waals surface area contributed by atoms with Gasteiger partial charge in [0, 0.05) is 0 Å². The van der Waals surface area contributed by atoms with Crippen molar-refractivity contribution in [3.63, 3.8) is 0 Å². The molecule has 0 radical (unpaired) electrons. The molecule has 0 saturated carbocycles. The van der Waals surface area contributed by atoms with Crippen LogP contribution in [0.2, 0.25) is 0 Å². The van der Waals surface area contributed by atoms with Gasteiger partial charge in [-0.05, 0) is 27.7 Å². The molecular formula is C8H17NO4. The molecule has 0 aromatic heterocycles. The van der Waals surface area contributed by atoms with E-state index < -0.39 is 17.8 Å². The van der Waals surface area contributed by atoms with E-state index in [9.17, 15) is 4.79 Å². The van der Waals surface area contributed by atoms with E-state index in [0.717, 1.165) is 0 Å². The molecule has 78 valence electrons. The first-order chi connectivity index (χ1) is 5.85. The van der Waals surface area contributed by atoms with E-state index in [4.69, 9.17) is 14.7 Å². The Bertz CT molecular complexity index is 164. The number of amides is 1. The average molecular weight is 191 g/mol. The fourth-order valence-electron chi connectivity index (χ4n) is 0.485. The Labute approximate surface area is 78.0 Å². The van der Waals surface area contributed by atoms with E-state index in [0.29, 0.717) is 0 Å². The lowest BCUT2D eigenvalue weighted by molar-refractivity contribution is -0.0520. The van der Waals surface area contributed by atoms with Crippen LogP contribution in [0.3, 0.4) is 0 Å². The highest BCUT2D eigenvalue weighted by atomic mass is 16.7. The molecule has 1 atom stereocenters. The van der Waals surface area contributed by atoms with Gasteiger partial charge >= 0.3 is 6.09 Å². The van der Waals surface area contributed by atoms with E-state index in [2.05, 4.69) is 5.48 Å². The maximum atomic E-state index is 10.9. The first kappa shape index (κ1) is 12.2. The predicted octanol–water partition coefficient (Wildman–Crippen LogP) is 0.824. The highest BCUT2D eigenvalue weighted by molar-refractivity contribution is 5.66. The van der Waals surface area contributed by atoms with Crippen LogP contribution in [0.5, 0.6) is 0 Å². The molecule has 0 aromatic rings. The first-order valence-electron chi connectivity index (χ1n) is 4.10. The Morgan fingerprint density at radius 2 is 2.08 bits per heavy atom. The number of hydrogen-bond acceptors (Lipinski definition) is 4. The number of hydrogen-bond donors (Lipinski definition) is 2. The molecule has 13 heavy (non-hydrogen) atoms. The maximum absolute atomic E-state index is 10.9. The molecule has 0 aliphatic rings. The van der Waals surface area contributed by atoms with Gasteiger partial charge in [-0.1, -0.05) is 0 Å². The van der Waals surface area contributed by atoms with Crippen molar-refractivity contribution < 1.29 is 19.5 Å². The molecule has 0 heterocycles. The number of aliphatic hydroxyl groups excluding tert-OH is 1. The number of ether oxygens (including phenoxy) is 1. The van der Waals surface area contributed by atoms with Crippen molar-refractivity contribution in [3.05, 3.63) is 0 Å². The molecule has 0 aromatic carbocycles. The molecule has 0 spiro atoms. The molecule has 0 aliphatic carbocycles. The Balaban J connectivity index is 3.64. The highest BCUT2D eigenvalue weighted by Gasteiger charge is 2.16. The molecular weight excluding hydrogens is 174 g/mol. The van der Waals surface area contributed by atoms with Crippen LogP contribution in [0.25, 0.3) is 0 Å². The Hall–Kier alpha value is -0.810. The lowest BCUT2D eigenvalue weighted by Crippen LogP contribution is -2.35. The monoisotopic (exact) mass is 191 g/mol. The normalized spacial score (nSPS) is 13.6. The Morgan fingerprint density at radius 1 is 1.54 bits per heavy atom. The van der Waals surface area contributed by atoms with Gasteiger partial charge in [-0.3, -0.25) is 4.84 Å². The largest absolute Gasteiger partial charge is 0.442 e. The third-order valence-corrected chi connectivity index (χ3v) is 0.999. The predicted molar refractivity (Wildman–Crippen MR) is 47.0 cm³/mol. The van der Waals surface area contributed by atoms with Gasteiger partial charge in [0.1, 0.15) is 11.7 Å². The Morgan fingerprint density at radius 3 is 2.46 bits per heavy atom. The van der Waals surface area contributed by atoms with Crippen molar-refractivity contribution in [1.29, 1.82) is 0 Å². The molecule has 5 heteroatoms. The summed E-state index contributed by atoms with van der Waals surface area (Å²) in [5.74, 6) is 0. The molecule has 1 unspecified atom stereocenters. The van der Waals surface area contributed by atoms with Crippen molar-refractivity contribution >= 4 is 6.09 Å². The summed E-state index contributed by atoms with van der Waals surface area (Å²) in [5, 5.41) is 8.56. The van der Waals surface area contributed by atoms with Gasteiger partial charge in [0.25, 0.3) is 0 Å². The highest BCUT2D eigenvalue weighted by Crippen LogP contribution is 2.06. The van der Waals surface area contributed by atoms with Crippen molar-refractivity contribution in [3.8, 4) is 0 Å². The quantitative estimate of drug-likeness (QED) is 0.648. The summed E-state index contributed by atoms with van der Waals surface area (Å²) in [6.45, 7) is 6.72. The van der Waals surface area contributed by atoms with E-state index in [1.807, 2.05) is 0 Å². The van der Waals surface area contributed by atoms with Crippen LogP contribution < -0.4 is 5.48 Å². The smallest absolute Gasteiger partial charge is 0.431 e. The molecule has 1 amide bonds. The van der Waals surface area contributed by atoms with Crippen LogP contribution in [0.4, 0.5) is 4.79 Å². The number of nitrogens with one attached hydrogen (secondary N) is 1. The van der Waals surface area contributed by atoms with Gasteiger partial charge in [-0.25, -0.2) is 4.79 Å². The van der Waals surface area contributed by atoms with Crippen LogP contribution in [0, 0.1) is 0 Å². The Kier molecular flexibility index (Phi) is 4.72. The third kappa shape index (κ3) is 7.55. The zero-order chi connectivity index (χ0) is 10.5. The molecule has 0 saturated heterocycles. The fourth-order valence-corrected chi connectivity index (χ4v) is 0.485. The zero-order valence-corrected chi connectivity index (χ0v) is 8.46. The number of rotatable bonds is 3. The molecule has 2 N–H and O–H groups in total. The van der Waals surface area contributed by atoms with Gasteiger partial charge in [-0.2, -0.15) is 5.48 Å². The fraction of sp³-hybridized carbons (Fsp3) is 0.875. The third-order valence-electron chi connectivity index (χ3n) is 0.999. The molecule has 0 aliphatic heterocycles. The van der Waals surface area contributed by atoms with E-state index in [1.54, 1.807) is 27.7 Å². The van der Waals surface area contributed by atoms with Crippen LogP contribution in [0.1, 0.15) is 27.7 Å². The lowest BCUT2D eigenvalue weighted by atomic mass is 10.2. The minimum Gasteiger partial charge on any atom is -0.442 e. The van der Waals surface area contributed by atoms with Crippen molar-refractivity contribution in [2.24, 2.45) is 0 Å². The van der Waals surface area contributed by atoms with Crippen molar-refractivity contribution in [2.75, 3.05) is 6.61 Å². The van der Waals surface area contributed by atoms with Crippen LogP contribution >= 0.6 is 0 Å². The second-order valence-corrected chi connectivity index (χ2v) is 3.71. The van der Waals surface area contributed by atoms with Crippen molar-refractivity contribution in [2.45, 2.75) is 39.4 Å².